The molecule has 0 radical (unpaired) electrons. The molecular weight excluding hydrogens is 404 g/mol. The summed E-state index contributed by atoms with van der Waals surface area (Å²) in [5.74, 6) is 0. The Kier molecular flexibility index (Phi) is 3.71. The number of para-hydroxylation sites is 1. The third kappa shape index (κ3) is 2.44. The topological polar surface area (TPSA) is 120 Å². The molecule has 2 heterocycles. The first-order valence-electron chi connectivity index (χ1n) is 9.19. The molecule has 2 aromatic heterocycles. The fraction of sp³-hybridized carbons (Fsp3) is 0.0909. The van der Waals surface area contributed by atoms with Crippen LogP contribution in [0.25, 0.3) is 43.6 Å². The van der Waals surface area contributed by atoms with Crippen molar-refractivity contribution in [2.45, 2.75) is 18.7 Å². The summed E-state index contributed by atoms with van der Waals surface area (Å²) in [5.41, 5.74) is 1.80. The SMILES string of the molecule is Cc1ccc2c(=O)c3cc4[nH]c5ccccc5c(=O)c4c(S(=O)(=O)O)c3[nH]c2c1C. The molecular formula is C22H16N2O5S. The highest BCUT2D eigenvalue weighted by Crippen LogP contribution is 2.30. The second kappa shape index (κ2) is 6.01. The maximum absolute atomic E-state index is 13.2. The van der Waals surface area contributed by atoms with E-state index in [9.17, 15) is 22.6 Å². The maximum Gasteiger partial charge on any atom is 0.297 e. The van der Waals surface area contributed by atoms with Crippen molar-refractivity contribution in [3.05, 3.63) is 74.0 Å². The molecule has 0 aliphatic rings. The summed E-state index contributed by atoms with van der Waals surface area (Å²) in [6.45, 7) is 3.69. The fourth-order valence-electron chi connectivity index (χ4n) is 4.05. The molecule has 5 rings (SSSR count). The Morgan fingerprint density at radius 3 is 2.27 bits per heavy atom. The standard InChI is InChI=1S/C22H16N2O5S/c1-10-7-8-13-18(11(10)2)24-19-14(20(13)25)9-16-17(22(19)30(27,28)29)21(26)12-5-3-4-6-15(12)23-16/h3-9H,1-2H3,(H,23,26)(H,24,25)(H,27,28,29). The quantitative estimate of drug-likeness (QED) is 0.283. The minimum atomic E-state index is -4.85. The molecule has 0 aliphatic carbocycles. The number of aryl methyl sites for hydroxylation is 2. The molecule has 30 heavy (non-hydrogen) atoms. The van der Waals surface area contributed by atoms with E-state index < -0.39 is 20.4 Å². The molecule has 5 aromatic rings. The van der Waals surface area contributed by atoms with Crippen LogP contribution in [0.5, 0.6) is 0 Å². The summed E-state index contributed by atoms with van der Waals surface area (Å²) < 4.78 is 34.9. The van der Waals surface area contributed by atoms with Gasteiger partial charge in [-0.3, -0.25) is 14.1 Å². The number of aromatic nitrogens is 2. The Morgan fingerprint density at radius 1 is 0.800 bits per heavy atom. The zero-order valence-corrected chi connectivity index (χ0v) is 16.8. The zero-order valence-electron chi connectivity index (χ0n) is 16.0. The summed E-state index contributed by atoms with van der Waals surface area (Å²) in [4.78, 5) is 31.9. The summed E-state index contributed by atoms with van der Waals surface area (Å²) >= 11 is 0. The van der Waals surface area contributed by atoms with Crippen molar-refractivity contribution in [2.24, 2.45) is 0 Å². The number of nitrogens with one attached hydrogen (secondary N) is 2. The van der Waals surface area contributed by atoms with Gasteiger partial charge in [0.15, 0.2) is 10.9 Å². The van der Waals surface area contributed by atoms with Crippen molar-refractivity contribution in [1.82, 2.24) is 9.97 Å². The molecule has 0 bridgehead atoms. The Labute approximate surface area is 169 Å². The van der Waals surface area contributed by atoms with Crippen molar-refractivity contribution >= 4 is 53.7 Å². The van der Waals surface area contributed by atoms with Crippen molar-refractivity contribution < 1.29 is 13.0 Å². The van der Waals surface area contributed by atoms with Crippen molar-refractivity contribution in [2.75, 3.05) is 0 Å². The van der Waals surface area contributed by atoms with Gasteiger partial charge in [0.05, 0.1) is 21.9 Å². The summed E-state index contributed by atoms with van der Waals surface area (Å²) in [6, 6.07) is 11.6. The number of rotatable bonds is 1. The summed E-state index contributed by atoms with van der Waals surface area (Å²) in [7, 11) is -4.85. The molecule has 0 unspecified atom stereocenters. The number of hydrogen-bond donors (Lipinski definition) is 3. The fourth-order valence-corrected chi connectivity index (χ4v) is 4.93. The predicted molar refractivity (Wildman–Crippen MR) is 117 cm³/mol. The van der Waals surface area contributed by atoms with Crippen LogP contribution in [-0.4, -0.2) is 22.9 Å². The van der Waals surface area contributed by atoms with Gasteiger partial charge in [0.2, 0.25) is 0 Å². The third-order valence-electron chi connectivity index (χ3n) is 5.68. The molecule has 8 heteroatoms. The van der Waals surface area contributed by atoms with Gasteiger partial charge in [-0.1, -0.05) is 18.2 Å². The summed E-state index contributed by atoms with van der Waals surface area (Å²) in [6.07, 6.45) is 0. The van der Waals surface area contributed by atoms with Gasteiger partial charge in [0, 0.05) is 21.7 Å². The first kappa shape index (κ1) is 18.5. The van der Waals surface area contributed by atoms with Gasteiger partial charge in [-0.05, 0) is 49.2 Å². The van der Waals surface area contributed by atoms with Gasteiger partial charge < -0.3 is 9.97 Å². The maximum atomic E-state index is 13.2. The van der Waals surface area contributed by atoms with Gasteiger partial charge in [0.1, 0.15) is 4.90 Å². The van der Waals surface area contributed by atoms with Crippen LogP contribution in [0.1, 0.15) is 11.1 Å². The van der Waals surface area contributed by atoms with Gasteiger partial charge in [-0.25, -0.2) is 0 Å². The predicted octanol–water partition coefficient (Wildman–Crippen LogP) is 3.54. The monoisotopic (exact) mass is 420 g/mol. The number of H-pyrrole nitrogens is 2. The number of fused-ring (bicyclic) bond motifs is 4. The molecule has 150 valence electrons. The van der Waals surface area contributed by atoms with Crippen LogP contribution in [0.2, 0.25) is 0 Å². The first-order valence-corrected chi connectivity index (χ1v) is 10.6. The van der Waals surface area contributed by atoms with E-state index in [2.05, 4.69) is 9.97 Å². The number of hydrogen-bond acceptors (Lipinski definition) is 4. The molecule has 0 saturated heterocycles. The molecule has 0 aliphatic heterocycles. The normalized spacial score (nSPS) is 12.4. The average Bonchev–Trinajstić information content (AvgIpc) is 2.69. The van der Waals surface area contributed by atoms with Crippen molar-refractivity contribution in [1.29, 1.82) is 0 Å². The van der Waals surface area contributed by atoms with Crippen LogP contribution in [0, 0.1) is 13.8 Å². The van der Waals surface area contributed by atoms with E-state index >= 15 is 0 Å². The van der Waals surface area contributed by atoms with Crippen LogP contribution in [-0.2, 0) is 10.1 Å². The van der Waals surface area contributed by atoms with E-state index in [-0.39, 0.29) is 32.6 Å². The van der Waals surface area contributed by atoms with Crippen molar-refractivity contribution in [3.8, 4) is 0 Å². The number of benzene rings is 3. The highest BCUT2D eigenvalue weighted by atomic mass is 32.2. The van der Waals surface area contributed by atoms with Gasteiger partial charge in [-0.15, -0.1) is 0 Å². The van der Waals surface area contributed by atoms with Crippen molar-refractivity contribution in [3.63, 3.8) is 0 Å². The van der Waals surface area contributed by atoms with Gasteiger partial charge in [0.25, 0.3) is 10.1 Å². The molecule has 0 fully saturated rings. The largest absolute Gasteiger partial charge is 0.354 e. The number of aromatic amines is 2. The lowest BCUT2D eigenvalue weighted by Gasteiger charge is -2.13. The second-order valence-corrected chi connectivity index (χ2v) is 8.77. The zero-order chi connectivity index (χ0) is 21.4. The van der Waals surface area contributed by atoms with Crippen LogP contribution in [0.4, 0.5) is 0 Å². The Bertz CT molecular complexity index is 1780. The highest BCUT2D eigenvalue weighted by molar-refractivity contribution is 7.86. The van der Waals surface area contributed by atoms with Crippen LogP contribution >= 0.6 is 0 Å². The average molecular weight is 420 g/mol. The second-order valence-electron chi connectivity index (χ2n) is 7.41. The lowest BCUT2D eigenvalue weighted by atomic mass is 10.0. The molecule has 0 saturated carbocycles. The Balaban J connectivity index is 2.18. The van der Waals surface area contributed by atoms with E-state index in [0.717, 1.165) is 11.1 Å². The smallest absolute Gasteiger partial charge is 0.297 e. The molecule has 0 atom stereocenters. The van der Waals surface area contributed by atoms with E-state index in [4.69, 9.17) is 0 Å². The lowest BCUT2D eigenvalue weighted by molar-refractivity contribution is 0.485. The molecule has 7 nitrogen and oxygen atoms in total. The van der Waals surface area contributed by atoms with Crippen LogP contribution < -0.4 is 10.9 Å². The Morgan fingerprint density at radius 2 is 1.53 bits per heavy atom. The van der Waals surface area contributed by atoms with E-state index in [0.29, 0.717) is 16.4 Å². The molecule has 3 N–H and O–H groups in total. The Hall–Kier alpha value is -3.49. The molecule has 0 amide bonds. The summed E-state index contributed by atoms with van der Waals surface area (Å²) in [5, 5.41) is 0.555. The third-order valence-corrected chi connectivity index (χ3v) is 6.61. The number of pyridine rings is 2. The van der Waals surface area contributed by atoms with E-state index in [1.54, 1.807) is 30.3 Å². The van der Waals surface area contributed by atoms with Crippen LogP contribution in [0.3, 0.4) is 0 Å². The molecule has 0 spiro atoms. The lowest BCUT2D eigenvalue weighted by Crippen LogP contribution is -2.14. The highest BCUT2D eigenvalue weighted by Gasteiger charge is 2.25. The first-order chi connectivity index (χ1) is 14.2. The van der Waals surface area contributed by atoms with Gasteiger partial charge in [-0.2, -0.15) is 8.42 Å². The van der Waals surface area contributed by atoms with Gasteiger partial charge >= 0.3 is 0 Å². The van der Waals surface area contributed by atoms with Crippen LogP contribution in [0.15, 0.2) is 56.9 Å². The minimum absolute atomic E-state index is 0.0665. The molecule has 3 aromatic carbocycles. The minimum Gasteiger partial charge on any atom is -0.354 e. The van der Waals surface area contributed by atoms with E-state index in [1.165, 1.54) is 6.07 Å². The van der Waals surface area contributed by atoms with E-state index in [1.807, 2.05) is 19.9 Å².